The maximum Gasteiger partial charge on any atom is 0.355 e. The molecule has 1 fully saturated rings. The van der Waals surface area contributed by atoms with Gasteiger partial charge in [0, 0.05) is 35.2 Å². The van der Waals surface area contributed by atoms with Crippen molar-refractivity contribution in [1.82, 2.24) is 14.5 Å². The van der Waals surface area contributed by atoms with E-state index in [-0.39, 0.29) is 70.6 Å². The molecule has 1 aromatic carbocycles. The van der Waals surface area contributed by atoms with Gasteiger partial charge in [0.15, 0.2) is 0 Å². The lowest BCUT2D eigenvalue weighted by atomic mass is 9.85. The summed E-state index contributed by atoms with van der Waals surface area (Å²) in [6.07, 6.45) is -0.180. The van der Waals surface area contributed by atoms with Crippen molar-refractivity contribution < 1.29 is 28.7 Å². The molecule has 2 aromatic heterocycles. The van der Waals surface area contributed by atoms with E-state index in [4.69, 9.17) is 14.5 Å². The number of fused-ring (bicyclic) bond motifs is 5. The van der Waals surface area contributed by atoms with Crippen molar-refractivity contribution in [2.24, 2.45) is 5.92 Å². The predicted molar refractivity (Wildman–Crippen MR) is 158 cm³/mol. The molecule has 6 rings (SSSR count). The first-order valence-corrected chi connectivity index (χ1v) is 17.3. The lowest BCUT2D eigenvalue weighted by Gasteiger charge is -2.35. The zero-order chi connectivity index (χ0) is 29.1. The molecule has 2 amide bonds. The molecule has 3 aliphatic rings. The fourth-order valence-electron chi connectivity index (χ4n) is 5.86. The van der Waals surface area contributed by atoms with Gasteiger partial charge in [0.25, 0.3) is 5.56 Å². The number of nitrogens with zero attached hydrogens (tertiary/aromatic N) is 3. The van der Waals surface area contributed by atoms with Gasteiger partial charge in [-0.2, -0.15) is 0 Å². The fourth-order valence-corrected chi connectivity index (χ4v) is 7.86. The molecule has 0 N–H and O–H groups in total. The lowest BCUT2D eigenvalue weighted by molar-refractivity contribution is -0.189. The van der Waals surface area contributed by atoms with Crippen molar-refractivity contribution in [1.29, 1.82) is 0 Å². The molecule has 4 atom stereocenters. The number of hydrogen-bond donors (Lipinski definition) is 0. The van der Waals surface area contributed by atoms with Crippen LogP contribution >= 0.6 is 16.5 Å². The third-order valence-corrected chi connectivity index (χ3v) is 9.77. The first-order chi connectivity index (χ1) is 19.6. The number of rotatable bonds is 7. The molecule has 5 heterocycles. The first-order valence-electron chi connectivity index (χ1n) is 13.2. The molecule has 41 heavy (non-hydrogen) atoms. The summed E-state index contributed by atoms with van der Waals surface area (Å²) in [6, 6.07) is 11.4. The molecule has 0 saturated carbocycles. The minimum absolute atomic E-state index is 0.0245. The molecule has 3 unspecified atom stereocenters. The van der Waals surface area contributed by atoms with Crippen LogP contribution in [0.15, 0.2) is 41.2 Å². The highest BCUT2D eigenvalue weighted by Crippen LogP contribution is 2.41. The minimum Gasteiger partial charge on any atom is -0.457 e. The van der Waals surface area contributed by atoms with E-state index in [1.54, 1.807) is 17.6 Å². The van der Waals surface area contributed by atoms with Gasteiger partial charge in [-0.1, -0.05) is 41.6 Å². The van der Waals surface area contributed by atoms with E-state index in [1.165, 1.54) is 0 Å². The number of carbonyl (C=O) groups is 4. The average Bonchev–Trinajstić information content (AvgIpc) is 3.43. The quantitative estimate of drug-likeness (QED) is 0.178. The summed E-state index contributed by atoms with van der Waals surface area (Å²) >= 11 is 0. The summed E-state index contributed by atoms with van der Waals surface area (Å²) in [5.74, 6) is -2.16. The van der Waals surface area contributed by atoms with Gasteiger partial charge >= 0.3 is 11.9 Å². The third kappa shape index (κ3) is 4.64. The number of hydrogen-bond acceptors (Lipinski definition) is 8. The number of ether oxygens (including phenoxy) is 2. The Labute approximate surface area is 241 Å². The van der Waals surface area contributed by atoms with Crippen molar-refractivity contribution in [2.75, 3.05) is 12.3 Å². The van der Waals surface area contributed by atoms with E-state index in [1.807, 2.05) is 30.3 Å². The summed E-state index contributed by atoms with van der Waals surface area (Å²) in [6.45, 7) is 1.61. The number of para-hydroxylation sites is 1. The predicted octanol–water partition coefficient (Wildman–Crippen LogP) is 2.86. The highest BCUT2D eigenvalue weighted by molar-refractivity contribution is 8.50. The molecule has 1 saturated heterocycles. The lowest BCUT2D eigenvalue weighted by Crippen LogP contribution is -2.47. The van der Waals surface area contributed by atoms with Gasteiger partial charge in [0.2, 0.25) is 17.4 Å². The third-order valence-electron chi connectivity index (χ3n) is 7.93. The number of esters is 2. The number of likely N-dealkylation sites (tertiary alicyclic amines) is 1. The smallest absolute Gasteiger partial charge is 0.355 e. The zero-order valence-corrected chi connectivity index (χ0v) is 25.1. The molecule has 3 aromatic rings. The van der Waals surface area contributed by atoms with Gasteiger partial charge in [-0.05, 0) is 24.6 Å². The van der Waals surface area contributed by atoms with E-state index >= 15 is 0 Å². The van der Waals surface area contributed by atoms with Crippen LogP contribution in [-0.2, 0) is 57.1 Å². The molecule has 0 spiro atoms. The van der Waals surface area contributed by atoms with Crippen LogP contribution in [0.4, 0.5) is 0 Å². The van der Waals surface area contributed by atoms with Gasteiger partial charge in [0.05, 0.1) is 41.4 Å². The summed E-state index contributed by atoms with van der Waals surface area (Å²) < 4.78 is 12.8. The Morgan fingerprint density at radius 2 is 2.02 bits per heavy atom. The van der Waals surface area contributed by atoms with Gasteiger partial charge in [0.1, 0.15) is 6.61 Å². The Balaban J connectivity index is 1.31. The Kier molecular flexibility index (Phi) is 7.17. The van der Waals surface area contributed by atoms with Crippen molar-refractivity contribution >= 4 is 60.8 Å². The number of cyclic esters (lactones) is 1. The monoisotopic (exact) mass is 611 g/mol. The number of amides is 2. The second-order valence-corrected chi connectivity index (χ2v) is 16.2. The van der Waals surface area contributed by atoms with E-state index < -0.39 is 23.5 Å². The second kappa shape index (κ2) is 10.5. The number of pyridine rings is 2. The van der Waals surface area contributed by atoms with Gasteiger partial charge < -0.3 is 14.0 Å². The van der Waals surface area contributed by atoms with Crippen LogP contribution in [0.1, 0.15) is 42.9 Å². The van der Waals surface area contributed by atoms with Gasteiger partial charge in [-0.15, -0.1) is 9.69 Å². The maximum absolute atomic E-state index is 13.7. The van der Waals surface area contributed by atoms with E-state index in [0.29, 0.717) is 23.7 Å². The summed E-state index contributed by atoms with van der Waals surface area (Å²) in [5, 5.41) is 0.953. The Morgan fingerprint density at radius 1 is 1.24 bits per heavy atom. The summed E-state index contributed by atoms with van der Waals surface area (Å²) in [7, 11) is 5.74. The highest BCUT2D eigenvalue weighted by atomic mass is 32.9. The SMILES string of the molecule is CC[C@@]1(OC(=O)CCN2C(=O)CC(CS(=P)P)C2=O)C(=O)OCc2c1cc1n(c2=O)Cc2cc3ccccc3nc2-1. The van der Waals surface area contributed by atoms with Crippen LogP contribution in [0.3, 0.4) is 0 Å². The van der Waals surface area contributed by atoms with Crippen LogP contribution < -0.4 is 5.56 Å². The molecule has 212 valence electrons. The normalized spacial score (nSPS) is 21.9. The van der Waals surface area contributed by atoms with Crippen LogP contribution in [0, 0.1) is 5.92 Å². The van der Waals surface area contributed by atoms with Crippen molar-refractivity contribution in [2.45, 2.75) is 44.9 Å². The number of carbonyl (C=O) groups excluding carboxylic acids is 4. The van der Waals surface area contributed by atoms with E-state index in [9.17, 15) is 24.0 Å². The number of imide groups is 1. The summed E-state index contributed by atoms with van der Waals surface area (Å²) in [5.41, 5.74) is 1.17. The van der Waals surface area contributed by atoms with Crippen LogP contribution in [0.5, 0.6) is 0 Å². The van der Waals surface area contributed by atoms with Crippen molar-refractivity contribution in [3.05, 3.63) is 63.4 Å². The largest absolute Gasteiger partial charge is 0.457 e. The van der Waals surface area contributed by atoms with Crippen LogP contribution in [-0.4, -0.2) is 50.5 Å². The van der Waals surface area contributed by atoms with Gasteiger partial charge in [-0.3, -0.25) is 24.1 Å². The van der Waals surface area contributed by atoms with E-state index in [0.717, 1.165) is 21.4 Å². The molecule has 0 radical (unpaired) electrons. The Morgan fingerprint density at radius 3 is 2.78 bits per heavy atom. The standard InChI is InChI=1S/C28H27N3O7P2S/c1-2-28(38-23(33)7-8-30-22(32)10-17(25(30)34)14-41(39)40)19-11-21-24-16(9-15-5-3-4-6-20(15)29-24)12-31(21)26(35)18(19)13-37-27(28)36/h3-6,9,11,17,39H,2,7-8,10,12-14,40H2,1H3/t17?,28-,41?/m0/s1. The zero-order valence-electron chi connectivity index (χ0n) is 22.2. The van der Waals surface area contributed by atoms with Crippen LogP contribution in [0.25, 0.3) is 22.3 Å². The molecule has 0 bridgehead atoms. The number of benzene rings is 1. The van der Waals surface area contributed by atoms with E-state index in [2.05, 4.69) is 16.5 Å². The maximum atomic E-state index is 13.7. The molecular formula is C28H27N3O7P2S. The summed E-state index contributed by atoms with van der Waals surface area (Å²) in [4.78, 5) is 71.1. The molecule has 10 nitrogen and oxygen atoms in total. The topological polar surface area (TPSA) is 125 Å². The minimum atomic E-state index is -1.84. The fraction of sp³-hybridized carbons (Fsp3) is 0.357. The van der Waals surface area contributed by atoms with Gasteiger partial charge in [-0.25, -0.2) is 9.78 Å². The molecule has 0 aliphatic carbocycles. The average molecular weight is 612 g/mol. The molecule has 13 heteroatoms. The number of aromatic nitrogens is 2. The molecule has 3 aliphatic heterocycles. The van der Waals surface area contributed by atoms with Crippen molar-refractivity contribution in [3.8, 4) is 11.4 Å². The molecular weight excluding hydrogens is 584 g/mol. The van der Waals surface area contributed by atoms with Crippen LogP contribution in [0.2, 0.25) is 0 Å². The highest BCUT2D eigenvalue weighted by Gasteiger charge is 2.50. The first kappa shape index (κ1) is 27.9. The second-order valence-electron chi connectivity index (χ2n) is 10.4. The Hall–Kier alpha value is -3.26. The Bertz CT molecular complexity index is 1760. The van der Waals surface area contributed by atoms with Crippen molar-refractivity contribution in [3.63, 3.8) is 0 Å².